The average Bonchev–Trinajstić information content (AvgIpc) is 2.01. The fraction of sp³-hybridized carbons (Fsp3) is 0.692. The number of rotatable bonds is 0. The van der Waals surface area contributed by atoms with Gasteiger partial charge in [-0.15, -0.1) is 0 Å². The van der Waals surface area contributed by atoms with Crippen LogP contribution in [-0.2, 0) is 0 Å². The molecule has 0 saturated heterocycles. The molecule has 80 valence electrons. The lowest BCUT2D eigenvalue weighted by Crippen LogP contribution is -2.31. The van der Waals surface area contributed by atoms with E-state index in [2.05, 4.69) is 59.0 Å². The molecule has 14 heavy (non-hydrogen) atoms. The summed E-state index contributed by atoms with van der Waals surface area (Å²) in [6, 6.07) is 0. The summed E-state index contributed by atoms with van der Waals surface area (Å²) in [5.74, 6) is 0. The summed E-state index contributed by atoms with van der Waals surface area (Å²) in [5, 5.41) is 3.51. The molecule has 1 aliphatic rings. The molecule has 0 unspecified atom stereocenters. The van der Waals surface area contributed by atoms with Gasteiger partial charge in [-0.2, -0.15) is 0 Å². The van der Waals surface area contributed by atoms with Gasteiger partial charge in [-0.05, 0) is 17.1 Å². The van der Waals surface area contributed by atoms with Gasteiger partial charge in [-0.3, -0.25) is 0 Å². The first-order chi connectivity index (χ1) is 6.21. The average molecular weight is 193 g/mol. The van der Waals surface area contributed by atoms with Crippen LogP contribution in [0.1, 0.15) is 41.5 Å². The van der Waals surface area contributed by atoms with Crippen molar-refractivity contribution in [2.45, 2.75) is 41.5 Å². The van der Waals surface area contributed by atoms with Crippen LogP contribution in [0.4, 0.5) is 0 Å². The fourth-order valence-electron chi connectivity index (χ4n) is 1.52. The van der Waals surface area contributed by atoms with Crippen LogP contribution in [0.2, 0.25) is 0 Å². The zero-order valence-electron chi connectivity index (χ0n) is 10.4. The molecular weight excluding hydrogens is 170 g/mol. The highest BCUT2D eigenvalue weighted by Crippen LogP contribution is 2.30. The molecule has 0 saturated carbocycles. The van der Waals surface area contributed by atoms with Crippen LogP contribution < -0.4 is 5.32 Å². The summed E-state index contributed by atoms with van der Waals surface area (Å²) in [5.41, 5.74) is 3.34. The molecule has 0 atom stereocenters. The van der Waals surface area contributed by atoms with Crippen molar-refractivity contribution in [3.8, 4) is 0 Å². The molecule has 1 aliphatic heterocycles. The Labute approximate surface area is 88.3 Å². The van der Waals surface area contributed by atoms with Crippen LogP contribution in [0, 0.1) is 10.8 Å². The lowest BCUT2D eigenvalue weighted by molar-refractivity contribution is 0.436. The third kappa shape index (κ3) is 2.63. The molecule has 0 spiro atoms. The summed E-state index contributed by atoms with van der Waals surface area (Å²) in [6.07, 6.45) is 4.50. The first-order valence-corrected chi connectivity index (χ1v) is 5.37. The molecule has 1 heteroatoms. The standard InChI is InChI=1S/C13H23N/c1-12(2,3)10-7-8-11(14-9-10)13(4,5)6/h7-8,14H,9H2,1-6H3. The van der Waals surface area contributed by atoms with Crippen LogP contribution >= 0.6 is 0 Å². The van der Waals surface area contributed by atoms with E-state index >= 15 is 0 Å². The van der Waals surface area contributed by atoms with Crippen LogP contribution in [0.3, 0.4) is 0 Å². The van der Waals surface area contributed by atoms with Crippen molar-refractivity contribution in [1.82, 2.24) is 5.32 Å². The third-order valence-corrected chi connectivity index (χ3v) is 2.69. The molecule has 0 aliphatic carbocycles. The minimum Gasteiger partial charge on any atom is -0.384 e. The topological polar surface area (TPSA) is 12.0 Å². The summed E-state index contributed by atoms with van der Waals surface area (Å²) in [6.45, 7) is 14.5. The molecule has 1 rings (SSSR count). The Bertz CT molecular complexity index is 239. The van der Waals surface area contributed by atoms with Crippen LogP contribution in [0.5, 0.6) is 0 Å². The molecule has 0 fully saturated rings. The van der Waals surface area contributed by atoms with Crippen molar-refractivity contribution >= 4 is 0 Å². The summed E-state index contributed by atoms with van der Waals surface area (Å²) in [7, 11) is 0. The largest absolute Gasteiger partial charge is 0.384 e. The highest BCUT2D eigenvalue weighted by atomic mass is 14.9. The molecule has 1 N–H and O–H groups in total. The minimum atomic E-state index is 0.236. The van der Waals surface area contributed by atoms with E-state index in [1.165, 1.54) is 11.3 Å². The zero-order valence-corrected chi connectivity index (χ0v) is 10.4. The fourth-order valence-corrected chi connectivity index (χ4v) is 1.52. The van der Waals surface area contributed by atoms with Crippen molar-refractivity contribution in [1.29, 1.82) is 0 Å². The van der Waals surface area contributed by atoms with Crippen molar-refractivity contribution in [2.24, 2.45) is 10.8 Å². The highest BCUT2D eigenvalue weighted by Gasteiger charge is 2.22. The zero-order chi connectivity index (χ0) is 11.0. The van der Waals surface area contributed by atoms with E-state index in [4.69, 9.17) is 0 Å². The number of hydrogen-bond donors (Lipinski definition) is 1. The van der Waals surface area contributed by atoms with Gasteiger partial charge in [-0.25, -0.2) is 0 Å². The quantitative estimate of drug-likeness (QED) is 0.621. The summed E-state index contributed by atoms with van der Waals surface area (Å²) < 4.78 is 0. The van der Waals surface area contributed by atoms with Crippen molar-refractivity contribution in [3.63, 3.8) is 0 Å². The summed E-state index contributed by atoms with van der Waals surface area (Å²) >= 11 is 0. The van der Waals surface area contributed by atoms with E-state index < -0.39 is 0 Å². The molecule has 0 aromatic carbocycles. The first kappa shape index (κ1) is 11.4. The lowest BCUT2D eigenvalue weighted by atomic mass is 9.82. The number of nitrogens with one attached hydrogen (secondary N) is 1. The number of dihydropyridines is 1. The van der Waals surface area contributed by atoms with Crippen molar-refractivity contribution in [2.75, 3.05) is 6.54 Å². The Hall–Kier alpha value is -0.720. The molecule has 0 radical (unpaired) electrons. The van der Waals surface area contributed by atoms with E-state index in [0.717, 1.165) is 6.54 Å². The molecule has 0 bridgehead atoms. The molecule has 0 amide bonds. The van der Waals surface area contributed by atoms with E-state index in [0.29, 0.717) is 0 Å². The lowest BCUT2D eigenvalue weighted by Gasteiger charge is -2.31. The normalized spacial score (nSPS) is 18.4. The molecular formula is C13H23N. The van der Waals surface area contributed by atoms with Gasteiger partial charge >= 0.3 is 0 Å². The maximum Gasteiger partial charge on any atom is 0.0365 e. The van der Waals surface area contributed by atoms with E-state index in [1.807, 2.05) is 0 Å². The van der Waals surface area contributed by atoms with Crippen LogP contribution in [0.15, 0.2) is 23.4 Å². The van der Waals surface area contributed by atoms with Gasteiger partial charge in [0.15, 0.2) is 0 Å². The van der Waals surface area contributed by atoms with E-state index in [1.54, 1.807) is 0 Å². The molecule has 1 nitrogen and oxygen atoms in total. The third-order valence-electron chi connectivity index (χ3n) is 2.69. The van der Waals surface area contributed by atoms with Gasteiger partial charge in [0.05, 0.1) is 0 Å². The van der Waals surface area contributed by atoms with Gasteiger partial charge in [-0.1, -0.05) is 47.6 Å². The molecule has 0 aromatic heterocycles. The SMILES string of the molecule is CC(C)(C)C1=CC=C(C(C)(C)C)NC1. The summed E-state index contributed by atoms with van der Waals surface area (Å²) in [4.78, 5) is 0. The molecule has 1 heterocycles. The number of allylic oxidation sites excluding steroid dienone is 3. The van der Waals surface area contributed by atoms with Gasteiger partial charge in [0.2, 0.25) is 0 Å². The Kier molecular flexibility index (Phi) is 2.80. The van der Waals surface area contributed by atoms with Gasteiger partial charge in [0.25, 0.3) is 0 Å². The highest BCUT2D eigenvalue weighted by molar-refractivity contribution is 5.29. The Balaban J connectivity index is 2.85. The maximum atomic E-state index is 3.51. The Morgan fingerprint density at radius 3 is 1.79 bits per heavy atom. The second-order valence-electron chi connectivity index (χ2n) is 6.13. The van der Waals surface area contributed by atoms with Crippen LogP contribution in [-0.4, -0.2) is 6.54 Å². The second-order valence-corrected chi connectivity index (χ2v) is 6.13. The van der Waals surface area contributed by atoms with Gasteiger partial charge < -0.3 is 5.32 Å². The van der Waals surface area contributed by atoms with Gasteiger partial charge in [0, 0.05) is 17.7 Å². The first-order valence-electron chi connectivity index (χ1n) is 5.37. The molecule has 0 aromatic rings. The Morgan fingerprint density at radius 1 is 0.929 bits per heavy atom. The minimum absolute atomic E-state index is 0.236. The van der Waals surface area contributed by atoms with Crippen molar-refractivity contribution < 1.29 is 0 Å². The monoisotopic (exact) mass is 193 g/mol. The Morgan fingerprint density at radius 2 is 1.50 bits per heavy atom. The smallest absolute Gasteiger partial charge is 0.0365 e. The second kappa shape index (κ2) is 3.45. The predicted octanol–water partition coefficient (Wildman–Crippen LogP) is 3.49. The van der Waals surface area contributed by atoms with E-state index in [-0.39, 0.29) is 10.8 Å². The van der Waals surface area contributed by atoms with Crippen molar-refractivity contribution in [3.05, 3.63) is 23.4 Å². The maximum absolute atomic E-state index is 3.51. The van der Waals surface area contributed by atoms with Gasteiger partial charge in [0.1, 0.15) is 0 Å². The van der Waals surface area contributed by atoms with E-state index in [9.17, 15) is 0 Å². The van der Waals surface area contributed by atoms with Crippen LogP contribution in [0.25, 0.3) is 0 Å². The number of hydrogen-bond acceptors (Lipinski definition) is 1. The predicted molar refractivity (Wildman–Crippen MR) is 63.1 cm³/mol.